The van der Waals surface area contributed by atoms with Crippen molar-refractivity contribution in [1.29, 1.82) is 5.26 Å². The van der Waals surface area contributed by atoms with E-state index < -0.39 is 0 Å². The van der Waals surface area contributed by atoms with Crippen LogP contribution in [0.15, 0.2) is 24.3 Å². The Labute approximate surface area is 120 Å². The van der Waals surface area contributed by atoms with Crippen LogP contribution in [0, 0.1) is 16.7 Å². The van der Waals surface area contributed by atoms with Crippen LogP contribution in [0.4, 0.5) is 5.69 Å². The molecule has 0 bridgehead atoms. The smallest absolute Gasteiger partial charge is 0.238 e. The predicted octanol–water partition coefficient (Wildman–Crippen LogP) is 2.62. The maximum Gasteiger partial charge on any atom is 0.238 e. The Morgan fingerprint density at radius 1 is 1.35 bits per heavy atom. The summed E-state index contributed by atoms with van der Waals surface area (Å²) in [5.74, 6) is -0.0487. The van der Waals surface area contributed by atoms with Gasteiger partial charge in [-0.1, -0.05) is 26.0 Å². The summed E-state index contributed by atoms with van der Waals surface area (Å²) < 4.78 is 0. The van der Waals surface area contributed by atoms with Crippen molar-refractivity contribution in [2.45, 2.75) is 26.7 Å². The number of carbonyl (C=O) groups excluding carboxylic acids is 1. The van der Waals surface area contributed by atoms with Crippen molar-refractivity contribution < 1.29 is 4.79 Å². The third kappa shape index (κ3) is 3.82. The molecule has 0 unspecified atom stereocenters. The maximum absolute atomic E-state index is 12.0. The summed E-state index contributed by atoms with van der Waals surface area (Å²) >= 11 is 0. The average molecular weight is 271 g/mol. The topological polar surface area (TPSA) is 56.1 Å². The summed E-state index contributed by atoms with van der Waals surface area (Å²) in [6.45, 7) is 6.86. The molecule has 1 aliphatic heterocycles. The van der Waals surface area contributed by atoms with E-state index in [2.05, 4.69) is 30.1 Å². The van der Waals surface area contributed by atoms with Crippen molar-refractivity contribution in [2.24, 2.45) is 5.41 Å². The monoisotopic (exact) mass is 271 g/mol. The first-order chi connectivity index (χ1) is 9.50. The highest BCUT2D eigenvalue weighted by atomic mass is 16.2. The minimum atomic E-state index is -0.0487. The van der Waals surface area contributed by atoms with Gasteiger partial charge in [0.1, 0.15) is 6.07 Å². The standard InChI is InChI=1S/C16H21N3O/c1-16(2)7-9-19(10-8-16)12-15(20)18-14-6-4-3-5-13(14)11-17/h3-6H,7-10,12H2,1-2H3,(H,18,20). The molecule has 106 valence electrons. The number of hydrogen-bond donors (Lipinski definition) is 1. The van der Waals surface area contributed by atoms with E-state index in [9.17, 15) is 4.79 Å². The van der Waals surface area contributed by atoms with Gasteiger partial charge in [-0.3, -0.25) is 9.69 Å². The SMILES string of the molecule is CC1(C)CCN(CC(=O)Nc2ccccc2C#N)CC1. The van der Waals surface area contributed by atoms with Gasteiger partial charge in [0.25, 0.3) is 0 Å². The summed E-state index contributed by atoms with van der Waals surface area (Å²) in [6, 6.07) is 9.17. The average Bonchev–Trinajstić information content (AvgIpc) is 2.42. The van der Waals surface area contributed by atoms with Crippen LogP contribution in [0.2, 0.25) is 0 Å². The predicted molar refractivity (Wildman–Crippen MR) is 79.2 cm³/mol. The second-order valence-corrected chi connectivity index (χ2v) is 6.15. The Hall–Kier alpha value is -1.86. The fourth-order valence-electron chi connectivity index (χ4n) is 2.40. The third-order valence-electron chi connectivity index (χ3n) is 3.90. The first-order valence-corrected chi connectivity index (χ1v) is 7.01. The number of anilines is 1. The quantitative estimate of drug-likeness (QED) is 0.919. The van der Waals surface area contributed by atoms with E-state index in [0.717, 1.165) is 25.9 Å². The second-order valence-electron chi connectivity index (χ2n) is 6.15. The molecule has 1 amide bonds. The molecule has 1 aromatic rings. The highest BCUT2D eigenvalue weighted by Crippen LogP contribution is 2.29. The highest BCUT2D eigenvalue weighted by molar-refractivity contribution is 5.93. The normalized spacial score (nSPS) is 18.2. The third-order valence-corrected chi connectivity index (χ3v) is 3.90. The van der Waals surface area contributed by atoms with E-state index >= 15 is 0 Å². The molecule has 4 nitrogen and oxygen atoms in total. The molecular formula is C16H21N3O. The highest BCUT2D eigenvalue weighted by Gasteiger charge is 2.26. The minimum Gasteiger partial charge on any atom is -0.324 e. The lowest BCUT2D eigenvalue weighted by molar-refractivity contribution is -0.117. The first kappa shape index (κ1) is 14.5. The molecule has 20 heavy (non-hydrogen) atoms. The molecule has 0 radical (unpaired) electrons. The van der Waals surface area contributed by atoms with Crippen LogP contribution in [-0.4, -0.2) is 30.4 Å². The molecule has 1 N–H and O–H groups in total. The molecule has 0 spiro atoms. The molecule has 2 rings (SSSR count). The number of rotatable bonds is 3. The van der Waals surface area contributed by atoms with E-state index in [0.29, 0.717) is 23.2 Å². The van der Waals surface area contributed by atoms with Gasteiger partial charge in [0, 0.05) is 0 Å². The Balaban J connectivity index is 1.89. The Morgan fingerprint density at radius 2 is 2.00 bits per heavy atom. The van der Waals surface area contributed by atoms with Crippen LogP contribution in [0.1, 0.15) is 32.3 Å². The van der Waals surface area contributed by atoms with E-state index in [-0.39, 0.29) is 5.91 Å². The minimum absolute atomic E-state index is 0.0487. The summed E-state index contributed by atoms with van der Waals surface area (Å²) in [5.41, 5.74) is 1.48. The van der Waals surface area contributed by atoms with E-state index in [1.54, 1.807) is 18.2 Å². The van der Waals surface area contributed by atoms with Crippen LogP contribution in [-0.2, 0) is 4.79 Å². The second kappa shape index (κ2) is 6.06. The van der Waals surface area contributed by atoms with Gasteiger partial charge in [0.2, 0.25) is 5.91 Å². The van der Waals surface area contributed by atoms with Gasteiger partial charge in [-0.15, -0.1) is 0 Å². The largest absolute Gasteiger partial charge is 0.324 e. The molecule has 4 heteroatoms. The molecule has 0 saturated carbocycles. The number of nitrogens with one attached hydrogen (secondary N) is 1. The zero-order chi connectivity index (χ0) is 14.6. The van der Waals surface area contributed by atoms with Crippen LogP contribution in [0.25, 0.3) is 0 Å². The van der Waals surface area contributed by atoms with Gasteiger partial charge in [0.15, 0.2) is 0 Å². The molecule has 1 heterocycles. The van der Waals surface area contributed by atoms with Crippen LogP contribution >= 0.6 is 0 Å². The van der Waals surface area contributed by atoms with Gasteiger partial charge in [-0.05, 0) is 43.5 Å². The lowest BCUT2D eigenvalue weighted by Crippen LogP contribution is -2.41. The number of piperidine rings is 1. The Bertz CT molecular complexity index is 521. The summed E-state index contributed by atoms with van der Waals surface area (Å²) in [7, 11) is 0. The fraction of sp³-hybridized carbons (Fsp3) is 0.500. The molecule has 1 aromatic carbocycles. The summed E-state index contributed by atoms with van der Waals surface area (Å²) in [6.07, 6.45) is 2.24. The first-order valence-electron chi connectivity index (χ1n) is 7.01. The van der Waals surface area contributed by atoms with Crippen molar-refractivity contribution >= 4 is 11.6 Å². The molecule has 1 fully saturated rings. The van der Waals surface area contributed by atoms with Crippen molar-refractivity contribution in [3.8, 4) is 6.07 Å². The number of nitrogens with zero attached hydrogens (tertiary/aromatic N) is 2. The lowest BCUT2D eigenvalue weighted by Gasteiger charge is -2.36. The molecular weight excluding hydrogens is 250 g/mol. The Morgan fingerprint density at radius 3 is 2.65 bits per heavy atom. The lowest BCUT2D eigenvalue weighted by atomic mass is 9.83. The van der Waals surface area contributed by atoms with Crippen molar-refractivity contribution in [1.82, 2.24) is 4.90 Å². The van der Waals surface area contributed by atoms with Gasteiger partial charge in [0.05, 0.1) is 17.8 Å². The number of hydrogen-bond acceptors (Lipinski definition) is 3. The molecule has 0 atom stereocenters. The van der Waals surface area contributed by atoms with Gasteiger partial charge >= 0.3 is 0 Å². The van der Waals surface area contributed by atoms with Crippen molar-refractivity contribution in [2.75, 3.05) is 25.0 Å². The number of amides is 1. The molecule has 0 aromatic heterocycles. The molecule has 0 aliphatic carbocycles. The van der Waals surface area contributed by atoms with E-state index in [1.807, 2.05) is 6.07 Å². The van der Waals surface area contributed by atoms with Crippen LogP contribution < -0.4 is 5.32 Å². The molecule has 1 aliphatic rings. The number of carbonyl (C=O) groups is 1. The maximum atomic E-state index is 12.0. The fourth-order valence-corrected chi connectivity index (χ4v) is 2.40. The summed E-state index contributed by atoms with van der Waals surface area (Å²) in [5, 5.41) is 11.8. The van der Waals surface area contributed by atoms with Crippen LogP contribution in [0.3, 0.4) is 0 Å². The number of likely N-dealkylation sites (tertiary alicyclic amines) is 1. The van der Waals surface area contributed by atoms with E-state index in [1.165, 1.54) is 0 Å². The van der Waals surface area contributed by atoms with E-state index in [4.69, 9.17) is 5.26 Å². The van der Waals surface area contributed by atoms with Gasteiger partial charge in [-0.25, -0.2) is 0 Å². The van der Waals surface area contributed by atoms with Crippen LogP contribution in [0.5, 0.6) is 0 Å². The van der Waals surface area contributed by atoms with Gasteiger partial charge < -0.3 is 5.32 Å². The number of nitriles is 1. The summed E-state index contributed by atoms with van der Waals surface area (Å²) in [4.78, 5) is 14.2. The number of benzene rings is 1. The Kier molecular flexibility index (Phi) is 4.41. The number of para-hydroxylation sites is 1. The zero-order valence-corrected chi connectivity index (χ0v) is 12.1. The zero-order valence-electron chi connectivity index (χ0n) is 12.1. The van der Waals surface area contributed by atoms with Crippen molar-refractivity contribution in [3.63, 3.8) is 0 Å². The molecule has 1 saturated heterocycles. The van der Waals surface area contributed by atoms with Gasteiger partial charge in [-0.2, -0.15) is 5.26 Å². The van der Waals surface area contributed by atoms with Crippen molar-refractivity contribution in [3.05, 3.63) is 29.8 Å².